The van der Waals surface area contributed by atoms with Gasteiger partial charge in [-0.15, -0.1) is 0 Å². The molecule has 152 valence electrons. The van der Waals surface area contributed by atoms with Gasteiger partial charge in [0, 0.05) is 17.7 Å². The summed E-state index contributed by atoms with van der Waals surface area (Å²) >= 11 is 0. The Morgan fingerprint density at radius 1 is 0.964 bits per heavy atom. The second-order valence-corrected chi connectivity index (χ2v) is 5.66. The molecule has 4 nitrogen and oxygen atoms in total. The molecule has 2 aromatic carbocycles. The van der Waals surface area contributed by atoms with Gasteiger partial charge in [0.2, 0.25) is 0 Å². The van der Waals surface area contributed by atoms with Crippen molar-refractivity contribution >= 4 is 5.91 Å². The van der Waals surface area contributed by atoms with Gasteiger partial charge in [-0.1, -0.05) is 18.2 Å². The van der Waals surface area contributed by atoms with Crippen molar-refractivity contribution in [3.8, 4) is 5.75 Å². The SMILES string of the molecule is O=C(NCc1ccccc1OCCO)c1cc(C(F)(F)F)cc(C(F)(F)F)c1. The Kier molecular flexibility index (Phi) is 6.55. The van der Waals surface area contributed by atoms with Crippen molar-refractivity contribution in [2.75, 3.05) is 13.2 Å². The fourth-order valence-electron chi connectivity index (χ4n) is 2.31. The summed E-state index contributed by atoms with van der Waals surface area (Å²) in [5.74, 6) is -0.787. The highest BCUT2D eigenvalue weighted by molar-refractivity contribution is 5.94. The van der Waals surface area contributed by atoms with E-state index in [-0.39, 0.29) is 25.8 Å². The standard InChI is InChI=1S/C18H15F6NO3/c19-17(20,21)13-7-12(8-14(9-13)18(22,23)24)16(27)25-10-11-3-1-2-4-15(11)28-6-5-26/h1-4,7-9,26H,5-6,10H2,(H,25,27). The molecule has 2 aromatic rings. The van der Waals surface area contributed by atoms with Crippen molar-refractivity contribution in [1.29, 1.82) is 0 Å². The van der Waals surface area contributed by atoms with E-state index in [4.69, 9.17) is 9.84 Å². The molecule has 0 aliphatic carbocycles. The number of alkyl halides is 6. The molecular weight excluding hydrogens is 392 g/mol. The Bertz CT molecular complexity index is 801. The van der Waals surface area contributed by atoms with E-state index < -0.39 is 35.0 Å². The summed E-state index contributed by atoms with van der Waals surface area (Å²) in [4.78, 5) is 12.2. The number of amides is 1. The molecule has 0 saturated heterocycles. The average Bonchev–Trinajstić information content (AvgIpc) is 2.63. The molecule has 0 radical (unpaired) electrons. The van der Waals surface area contributed by atoms with Crippen LogP contribution in [0.15, 0.2) is 42.5 Å². The summed E-state index contributed by atoms with van der Waals surface area (Å²) in [7, 11) is 0. The van der Waals surface area contributed by atoms with E-state index in [1.54, 1.807) is 24.3 Å². The largest absolute Gasteiger partial charge is 0.491 e. The Hall–Kier alpha value is -2.75. The van der Waals surface area contributed by atoms with Crippen LogP contribution in [0.2, 0.25) is 0 Å². The van der Waals surface area contributed by atoms with Crippen molar-refractivity contribution in [2.24, 2.45) is 0 Å². The summed E-state index contributed by atoms with van der Waals surface area (Å²) in [6, 6.07) is 7.01. The minimum atomic E-state index is -5.04. The maximum Gasteiger partial charge on any atom is 0.416 e. The van der Waals surface area contributed by atoms with Gasteiger partial charge in [-0.3, -0.25) is 4.79 Å². The van der Waals surface area contributed by atoms with E-state index in [1.807, 2.05) is 0 Å². The molecule has 10 heteroatoms. The third kappa shape index (κ3) is 5.62. The number of halogens is 6. The van der Waals surface area contributed by atoms with Gasteiger partial charge in [-0.25, -0.2) is 0 Å². The van der Waals surface area contributed by atoms with Gasteiger partial charge in [-0.2, -0.15) is 26.3 Å². The van der Waals surface area contributed by atoms with E-state index in [1.165, 1.54) is 0 Å². The Morgan fingerprint density at radius 2 is 1.54 bits per heavy atom. The first kappa shape index (κ1) is 21.5. The highest BCUT2D eigenvalue weighted by atomic mass is 19.4. The molecule has 0 heterocycles. The minimum absolute atomic E-state index is 0.0203. The molecule has 0 atom stereocenters. The predicted octanol–water partition coefficient (Wildman–Crippen LogP) is 4.03. The van der Waals surface area contributed by atoms with Gasteiger partial charge < -0.3 is 15.2 Å². The fourth-order valence-corrected chi connectivity index (χ4v) is 2.31. The minimum Gasteiger partial charge on any atom is -0.491 e. The number of ether oxygens (including phenoxy) is 1. The molecule has 1 amide bonds. The first-order valence-corrected chi connectivity index (χ1v) is 7.91. The summed E-state index contributed by atoms with van der Waals surface area (Å²) in [6.07, 6.45) is -10.1. The lowest BCUT2D eigenvalue weighted by molar-refractivity contribution is -0.143. The third-order valence-electron chi connectivity index (χ3n) is 3.61. The summed E-state index contributed by atoms with van der Waals surface area (Å²) in [5, 5.41) is 11.1. The topological polar surface area (TPSA) is 58.6 Å². The lowest BCUT2D eigenvalue weighted by Crippen LogP contribution is -2.24. The van der Waals surface area contributed by atoms with Crippen LogP contribution in [-0.4, -0.2) is 24.2 Å². The molecule has 0 unspecified atom stereocenters. The maximum atomic E-state index is 12.9. The third-order valence-corrected chi connectivity index (χ3v) is 3.61. The van der Waals surface area contributed by atoms with Crippen LogP contribution < -0.4 is 10.1 Å². The Labute approximate surface area is 155 Å². The zero-order valence-corrected chi connectivity index (χ0v) is 14.2. The molecule has 0 fully saturated rings. The maximum absolute atomic E-state index is 12.9. The number of carbonyl (C=O) groups excluding carboxylic acids is 1. The van der Waals surface area contributed by atoms with Crippen molar-refractivity contribution < 1.29 is 41.0 Å². The van der Waals surface area contributed by atoms with Crippen LogP contribution in [-0.2, 0) is 18.9 Å². The number of aliphatic hydroxyl groups excluding tert-OH is 1. The summed E-state index contributed by atoms with van der Waals surface area (Å²) < 4.78 is 82.6. The van der Waals surface area contributed by atoms with E-state index in [9.17, 15) is 31.1 Å². The normalized spacial score (nSPS) is 12.0. The van der Waals surface area contributed by atoms with Crippen LogP contribution in [0.1, 0.15) is 27.0 Å². The number of hydrogen-bond donors (Lipinski definition) is 2. The molecule has 28 heavy (non-hydrogen) atoms. The highest BCUT2D eigenvalue weighted by Crippen LogP contribution is 2.36. The quantitative estimate of drug-likeness (QED) is 0.711. The van der Waals surface area contributed by atoms with Crippen LogP contribution in [0.3, 0.4) is 0 Å². The van der Waals surface area contributed by atoms with Crippen molar-refractivity contribution in [2.45, 2.75) is 18.9 Å². The number of carbonyl (C=O) groups is 1. The smallest absolute Gasteiger partial charge is 0.416 e. The van der Waals surface area contributed by atoms with Gasteiger partial charge in [0.1, 0.15) is 12.4 Å². The molecule has 0 aromatic heterocycles. The first-order chi connectivity index (χ1) is 13.0. The van der Waals surface area contributed by atoms with Crippen LogP contribution in [0.5, 0.6) is 5.75 Å². The predicted molar refractivity (Wildman–Crippen MR) is 86.6 cm³/mol. The van der Waals surface area contributed by atoms with Gasteiger partial charge in [0.05, 0.1) is 17.7 Å². The lowest BCUT2D eigenvalue weighted by Gasteiger charge is -2.15. The average molecular weight is 407 g/mol. The van der Waals surface area contributed by atoms with E-state index in [0.29, 0.717) is 23.4 Å². The van der Waals surface area contributed by atoms with Crippen LogP contribution >= 0.6 is 0 Å². The Morgan fingerprint density at radius 3 is 2.07 bits per heavy atom. The summed E-state index contributed by atoms with van der Waals surface area (Å²) in [6.45, 7) is -0.475. The molecular formula is C18H15F6NO3. The molecule has 0 spiro atoms. The van der Waals surface area contributed by atoms with Crippen LogP contribution in [0.4, 0.5) is 26.3 Å². The van der Waals surface area contributed by atoms with Gasteiger partial charge >= 0.3 is 12.4 Å². The van der Waals surface area contributed by atoms with E-state index in [2.05, 4.69) is 5.32 Å². The van der Waals surface area contributed by atoms with Crippen molar-refractivity contribution in [3.63, 3.8) is 0 Å². The zero-order valence-electron chi connectivity index (χ0n) is 14.2. The molecule has 2 N–H and O–H groups in total. The number of nitrogens with one attached hydrogen (secondary N) is 1. The number of aliphatic hydroxyl groups is 1. The van der Waals surface area contributed by atoms with Crippen LogP contribution in [0, 0.1) is 0 Å². The fraction of sp³-hybridized carbons (Fsp3) is 0.278. The van der Waals surface area contributed by atoms with Crippen LogP contribution in [0.25, 0.3) is 0 Å². The molecule has 0 aliphatic heterocycles. The Balaban J connectivity index is 2.25. The van der Waals surface area contributed by atoms with Gasteiger partial charge in [0.25, 0.3) is 5.91 Å². The molecule has 0 saturated carbocycles. The van der Waals surface area contributed by atoms with Crippen molar-refractivity contribution in [1.82, 2.24) is 5.32 Å². The number of para-hydroxylation sites is 1. The molecule has 0 bridgehead atoms. The second-order valence-electron chi connectivity index (χ2n) is 5.66. The number of hydrogen-bond acceptors (Lipinski definition) is 3. The zero-order chi connectivity index (χ0) is 20.9. The van der Waals surface area contributed by atoms with Crippen molar-refractivity contribution in [3.05, 3.63) is 64.7 Å². The molecule has 2 rings (SSSR count). The van der Waals surface area contributed by atoms with E-state index >= 15 is 0 Å². The lowest BCUT2D eigenvalue weighted by atomic mass is 10.0. The monoisotopic (exact) mass is 407 g/mol. The highest BCUT2D eigenvalue weighted by Gasteiger charge is 2.37. The number of benzene rings is 2. The van der Waals surface area contributed by atoms with Gasteiger partial charge in [-0.05, 0) is 24.3 Å². The summed E-state index contributed by atoms with van der Waals surface area (Å²) in [5.41, 5.74) is -3.47. The molecule has 0 aliphatic rings. The second kappa shape index (κ2) is 8.51. The van der Waals surface area contributed by atoms with Gasteiger partial charge in [0.15, 0.2) is 0 Å². The first-order valence-electron chi connectivity index (χ1n) is 7.91. The van der Waals surface area contributed by atoms with E-state index in [0.717, 1.165) is 0 Å². The number of rotatable bonds is 6.